The third-order valence-electron chi connectivity index (χ3n) is 10.0. The minimum Gasteiger partial charge on any atom is -0.460 e. The van der Waals surface area contributed by atoms with E-state index in [4.69, 9.17) is 44.2 Å². The fourth-order valence-electron chi connectivity index (χ4n) is 6.21. The van der Waals surface area contributed by atoms with Gasteiger partial charge in [-0.15, -0.1) is 0 Å². The Hall–Kier alpha value is -7.15. The second-order valence-corrected chi connectivity index (χ2v) is 27.0. The van der Waals surface area contributed by atoms with Gasteiger partial charge < -0.3 is 33.2 Å². The van der Waals surface area contributed by atoms with E-state index in [2.05, 4.69) is 58.5 Å². The van der Waals surface area contributed by atoms with Gasteiger partial charge in [0.05, 0.1) is 42.9 Å². The molecular formula is C55H82Br2N8O18. The summed E-state index contributed by atoms with van der Waals surface area (Å²) in [5, 5.41) is 30.4. The molecule has 0 fully saturated rings. The van der Waals surface area contributed by atoms with Crippen LogP contribution in [0.15, 0.2) is 59.3 Å². The van der Waals surface area contributed by atoms with E-state index in [9.17, 15) is 53.8 Å². The van der Waals surface area contributed by atoms with E-state index in [0.29, 0.717) is 0 Å². The molecule has 0 amide bonds. The Balaban J connectivity index is -0.00000148. The highest BCUT2D eigenvalue weighted by molar-refractivity contribution is 9.10. The maximum atomic E-state index is 13.0. The van der Waals surface area contributed by atoms with Crippen LogP contribution in [-0.2, 0) is 93.1 Å². The molecule has 0 bridgehead atoms. The molecule has 2 aromatic carbocycles. The van der Waals surface area contributed by atoms with Gasteiger partial charge in [0.1, 0.15) is 64.0 Å². The van der Waals surface area contributed by atoms with Crippen LogP contribution in [0.2, 0.25) is 0 Å². The number of nitro benzene ring substituents is 2. The molecule has 26 nitrogen and oxygen atoms in total. The summed E-state index contributed by atoms with van der Waals surface area (Å²) >= 11 is 6.34. The molecule has 464 valence electrons. The molecule has 0 aliphatic heterocycles. The van der Waals surface area contributed by atoms with Gasteiger partial charge in [0, 0.05) is 15.9 Å². The number of benzene rings is 2. The van der Waals surface area contributed by atoms with Crippen molar-refractivity contribution in [2.45, 2.75) is 209 Å². The summed E-state index contributed by atoms with van der Waals surface area (Å²) in [6, 6.07) is 6.09. The first-order valence-corrected chi connectivity index (χ1v) is 26.3. The van der Waals surface area contributed by atoms with Crippen LogP contribution in [0.25, 0.3) is 20.9 Å². The second-order valence-electron chi connectivity index (χ2n) is 23.0. The lowest BCUT2D eigenvalue weighted by atomic mass is 9.86. The lowest BCUT2D eigenvalue weighted by Crippen LogP contribution is -2.37. The quantitative estimate of drug-likeness (QED) is 0.0115. The molecule has 0 saturated carbocycles. The SMILES string of the molecule is C.C.C=CC(=O)OC(C)(C)C.CC(C)(Br)C(=O)OCc1cccc(COC(=O)C(C)(C)Br)c1[N+](=O)[O-].CC(C)(C)OC(=O)C(CC(C)(C)C(=O)OCc1cccc(COC(=O)C(C)(C)CC(N=[N+]=[N-])C(=O)OC(C)(C)C)c1[N+](=O)[O-])N=[N+]=[N-]. The number of esters is 7. The van der Waals surface area contributed by atoms with Crippen molar-refractivity contribution < 1.29 is 76.6 Å². The smallest absolute Gasteiger partial charge is 0.330 e. The van der Waals surface area contributed by atoms with Crippen LogP contribution in [0.1, 0.15) is 168 Å². The average Bonchev–Trinajstić information content (AvgIpc) is 3.30. The lowest BCUT2D eigenvalue weighted by Gasteiger charge is -2.27. The molecule has 0 saturated heterocycles. The van der Waals surface area contributed by atoms with Crippen LogP contribution < -0.4 is 0 Å². The van der Waals surface area contributed by atoms with E-state index in [1.54, 1.807) is 75.3 Å². The van der Waals surface area contributed by atoms with Crippen LogP contribution in [-0.4, -0.2) is 89.2 Å². The lowest BCUT2D eigenvalue weighted by molar-refractivity contribution is -0.387. The number of hydrogen-bond donors (Lipinski definition) is 0. The number of hydrogen-bond acceptors (Lipinski definition) is 20. The molecule has 2 unspecified atom stereocenters. The van der Waals surface area contributed by atoms with E-state index >= 15 is 0 Å². The van der Waals surface area contributed by atoms with Crippen LogP contribution in [0.3, 0.4) is 0 Å². The van der Waals surface area contributed by atoms with Crippen molar-refractivity contribution in [3.05, 3.63) is 112 Å². The third-order valence-corrected chi connectivity index (χ3v) is 10.7. The molecule has 2 aromatic rings. The van der Waals surface area contributed by atoms with Crippen LogP contribution in [0, 0.1) is 31.1 Å². The molecule has 28 heteroatoms. The van der Waals surface area contributed by atoms with E-state index in [0.717, 1.165) is 6.08 Å². The average molecular weight is 1300 g/mol. The summed E-state index contributed by atoms with van der Waals surface area (Å²) < 4.78 is 34.6. The van der Waals surface area contributed by atoms with Gasteiger partial charge in [0.25, 0.3) is 11.4 Å². The zero-order valence-electron chi connectivity index (χ0n) is 48.8. The molecule has 83 heavy (non-hydrogen) atoms. The molecule has 0 aliphatic rings. The number of rotatable bonds is 23. The number of ether oxygens (including phenoxy) is 7. The second kappa shape index (κ2) is 33.8. The van der Waals surface area contributed by atoms with Gasteiger partial charge in [-0.1, -0.05) is 75.7 Å². The first kappa shape index (κ1) is 80.1. The largest absolute Gasteiger partial charge is 0.460 e. The van der Waals surface area contributed by atoms with Crippen molar-refractivity contribution in [3.8, 4) is 0 Å². The van der Waals surface area contributed by atoms with E-state index in [1.807, 2.05) is 20.8 Å². The maximum absolute atomic E-state index is 13.0. The Morgan fingerprint density at radius 3 is 0.976 bits per heavy atom. The number of para-hydroxylation sites is 2. The Labute approximate surface area is 502 Å². The molecule has 2 atom stereocenters. The summed E-state index contributed by atoms with van der Waals surface area (Å²) in [6.45, 7) is 29.2. The number of carbonyl (C=O) groups excluding carboxylic acids is 7. The standard InChI is InChI=1S/C30H43N7O10.C16H19Br2NO6.C7H12O2.2CH4/c1-27(2,3)46-23(38)20(33-35-31)14-29(7,8)25(40)44-16-18-12-11-13-19(22(18)37(42)43)17-45-26(41)30(9,10)15-21(34-36-32)24(39)47-28(4,5)6;1-15(2,17)13(20)24-8-10-6-5-7-11(12(10)19(22)23)9-25-14(21)16(3,4)18;1-5-6(8)9-7(2,3)4;;/h11-13,20-21H,14-17H2,1-10H3;5-7H,8-9H2,1-4H3;5H,1H2,2-4H3;2*1H4. The Bertz CT molecular complexity index is 2570. The number of nitrogens with zero attached hydrogens (tertiary/aromatic N) is 8. The molecule has 0 radical (unpaired) electrons. The molecule has 0 N–H and O–H groups in total. The first-order chi connectivity index (χ1) is 36.7. The van der Waals surface area contributed by atoms with Crippen molar-refractivity contribution in [1.82, 2.24) is 0 Å². The van der Waals surface area contributed by atoms with Gasteiger partial charge in [0.15, 0.2) is 0 Å². The monoisotopic (exact) mass is 1300 g/mol. The molecule has 2 rings (SSSR count). The highest BCUT2D eigenvalue weighted by Gasteiger charge is 2.39. The van der Waals surface area contributed by atoms with Crippen molar-refractivity contribution in [1.29, 1.82) is 0 Å². The third kappa shape index (κ3) is 30.6. The molecule has 0 aliphatic carbocycles. The van der Waals surface area contributed by atoms with Crippen LogP contribution in [0.4, 0.5) is 11.4 Å². The van der Waals surface area contributed by atoms with Crippen molar-refractivity contribution in [2.75, 3.05) is 0 Å². The number of halogens is 2. The Morgan fingerprint density at radius 1 is 0.530 bits per heavy atom. The molecular weight excluding hydrogens is 1220 g/mol. The highest BCUT2D eigenvalue weighted by Crippen LogP contribution is 2.33. The summed E-state index contributed by atoms with van der Waals surface area (Å²) in [5.74, 6) is -4.76. The van der Waals surface area contributed by atoms with Gasteiger partial charge in [-0.25, -0.2) is 4.79 Å². The zero-order chi connectivity index (χ0) is 63.3. The minimum absolute atomic E-state index is 0. The van der Waals surface area contributed by atoms with Crippen molar-refractivity contribution in [3.63, 3.8) is 0 Å². The normalized spacial score (nSPS) is 12.1. The summed E-state index contributed by atoms with van der Waals surface area (Å²) in [4.78, 5) is 113. The van der Waals surface area contributed by atoms with Crippen LogP contribution >= 0.6 is 31.9 Å². The maximum Gasteiger partial charge on any atom is 0.330 e. The highest BCUT2D eigenvalue weighted by atomic mass is 79.9. The van der Waals surface area contributed by atoms with Crippen molar-refractivity contribution >= 4 is 85.0 Å². The first-order valence-electron chi connectivity index (χ1n) is 24.7. The zero-order valence-corrected chi connectivity index (χ0v) is 52.0. The Morgan fingerprint density at radius 2 is 0.783 bits per heavy atom. The van der Waals surface area contributed by atoms with Gasteiger partial charge in [-0.3, -0.25) is 49.0 Å². The predicted octanol–water partition coefficient (Wildman–Crippen LogP) is 13.4. The van der Waals surface area contributed by atoms with Crippen molar-refractivity contribution in [2.24, 2.45) is 21.1 Å². The number of carbonyl (C=O) groups is 7. The number of azide groups is 2. The van der Waals surface area contributed by atoms with Gasteiger partial charge in [0.2, 0.25) is 0 Å². The topological polar surface area (TPSA) is 368 Å². The predicted molar refractivity (Wildman–Crippen MR) is 315 cm³/mol. The molecule has 0 aromatic heterocycles. The van der Waals surface area contributed by atoms with E-state index in [-0.39, 0.29) is 74.8 Å². The van der Waals surface area contributed by atoms with Gasteiger partial charge in [-0.2, -0.15) is 0 Å². The van der Waals surface area contributed by atoms with Gasteiger partial charge >= 0.3 is 41.8 Å². The Kier molecular flexibility index (Phi) is 32.6. The fraction of sp³-hybridized carbons (Fsp3) is 0.618. The molecule has 0 spiro atoms. The fourth-order valence-corrected chi connectivity index (χ4v) is 6.44. The minimum atomic E-state index is -1.37. The van der Waals surface area contributed by atoms with Crippen LogP contribution in [0.5, 0.6) is 0 Å². The molecule has 0 heterocycles. The van der Waals surface area contributed by atoms with Gasteiger partial charge in [-0.05, 0) is 166 Å². The number of nitro groups is 2. The summed E-state index contributed by atoms with van der Waals surface area (Å²) in [6.07, 6.45) is 0.644. The van der Waals surface area contributed by atoms with E-state index in [1.165, 1.54) is 58.0 Å². The van der Waals surface area contributed by atoms with E-state index < -0.39 is 113 Å². The number of alkyl halides is 2. The summed E-state index contributed by atoms with van der Waals surface area (Å²) in [7, 11) is 0. The summed E-state index contributed by atoms with van der Waals surface area (Å²) in [5.41, 5.74) is 12.7.